The lowest BCUT2D eigenvalue weighted by Crippen LogP contribution is -2.22. The highest BCUT2D eigenvalue weighted by molar-refractivity contribution is 6.02. The maximum Gasteiger partial charge on any atom is 0.418 e. The second-order valence-electron chi connectivity index (χ2n) is 10.5. The largest absolute Gasteiger partial charge is 0.455 e. The van der Waals surface area contributed by atoms with Crippen LogP contribution >= 0.6 is 0 Å². The first-order valence-corrected chi connectivity index (χ1v) is 13.0. The van der Waals surface area contributed by atoms with Crippen LogP contribution in [0.15, 0.2) is 91.0 Å². The molecule has 214 valence electrons. The molecule has 0 radical (unpaired) electrons. The molecular weight excluding hydrogens is 545 g/mol. The standard InChI is InChI=1S/C31H27F3N6O2/c1-30(2,3)23-13-7-9-15-26(23)42-27-17-16-19(20-10-4-5-11-21(20)28-37-39-40-38-28)18-25(27)36-29(41)35-24-14-8-6-12-22(24)31(32,33)34/h4-18H,1-3H3,(H2,35,36,41)(H,37,38,39,40). The number of carbonyl (C=O) groups is 1. The Labute approximate surface area is 239 Å². The number of anilines is 2. The second kappa shape index (κ2) is 11.4. The van der Waals surface area contributed by atoms with Crippen molar-refractivity contribution in [1.29, 1.82) is 0 Å². The van der Waals surface area contributed by atoms with E-state index in [2.05, 4.69) is 52.0 Å². The highest BCUT2D eigenvalue weighted by atomic mass is 19.4. The van der Waals surface area contributed by atoms with E-state index in [4.69, 9.17) is 4.74 Å². The lowest BCUT2D eigenvalue weighted by atomic mass is 9.86. The van der Waals surface area contributed by atoms with E-state index in [0.29, 0.717) is 28.5 Å². The molecule has 0 aliphatic carbocycles. The van der Waals surface area contributed by atoms with Gasteiger partial charge in [-0.25, -0.2) is 9.89 Å². The number of rotatable bonds is 6. The Hall–Kier alpha value is -5.19. The van der Waals surface area contributed by atoms with E-state index in [1.807, 2.05) is 54.6 Å². The van der Waals surface area contributed by atoms with Crippen LogP contribution in [-0.4, -0.2) is 26.7 Å². The van der Waals surface area contributed by atoms with Gasteiger partial charge in [0.15, 0.2) is 11.6 Å². The lowest BCUT2D eigenvalue weighted by molar-refractivity contribution is -0.136. The van der Waals surface area contributed by atoms with Crippen LogP contribution in [0.2, 0.25) is 0 Å². The molecule has 11 heteroatoms. The maximum absolute atomic E-state index is 13.6. The molecule has 0 unspecified atom stereocenters. The molecule has 8 nitrogen and oxygen atoms in total. The summed E-state index contributed by atoms with van der Waals surface area (Å²) >= 11 is 0. The number of carbonyl (C=O) groups excluding carboxylic acids is 1. The summed E-state index contributed by atoms with van der Waals surface area (Å²) in [5, 5.41) is 19.1. The summed E-state index contributed by atoms with van der Waals surface area (Å²) in [7, 11) is 0. The van der Waals surface area contributed by atoms with Crippen molar-refractivity contribution in [2.24, 2.45) is 0 Å². The first kappa shape index (κ1) is 28.3. The van der Waals surface area contributed by atoms with Gasteiger partial charge in [-0.15, -0.1) is 5.10 Å². The van der Waals surface area contributed by atoms with Gasteiger partial charge >= 0.3 is 12.2 Å². The number of para-hydroxylation sites is 2. The molecule has 0 aliphatic rings. The number of ether oxygens (including phenoxy) is 1. The van der Waals surface area contributed by atoms with Crippen molar-refractivity contribution in [3.8, 4) is 34.0 Å². The molecule has 0 saturated heterocycles. The van der Waals surface area contributed by atoms with Crippen molar-refractivity contribution in [3.63, 3.8) is 0 Å². The predicted molar refractivity (Wildman–Crippen MR) is 154 cm³/mol. The minimum Gasteiger partial charge on any atom is -0.455 e. The van der Waals surface area contributed by atoms with Crippen molar-refractivity contribution in [2.45, 2.75) is 32.4 Å². The number of tetrazole rings is 1. The number of alkyl halides is 3. The van der Waals surface area contributed by atoms with Crippen LogP contribution in [0.25, 0.3) is 22.5 Å². The van der Waals surface area contributed by atoms with Gasteiger partial charge in [0.25, 0.3) is 0 Å². The molecule has 0 fully saturated rings. The van der Waals surface area contributed by atoms with E-state index in [0.717, 1.165) is 17.2 Å². The third-order valence-corrected chi connectivity index (χ3v) is 6.46. The molecule has 2 amide bonds. The topological polar surface area (TPSA) is 105 Å². The van der Waals surface area contributed by atoms with Gasteiger partial charge in [-0.05, 0) is 57.3 Å². The molecule has 4 aromatic carbocycles. The summed E-state index contributed by atoms with van der Waals surface area (Å²) in [6.45, 7) is 6.16. The number of halogens is 3. The smallest absolute Gasteiger partial charge is 0.418 e. The van der Waals surface area contributed by atoms with Gasteiger partial charge in [-0.3, -0.25) is 0 Å². The van der Waals surface area contributed by atoms with Gasteiger partial charge in [-0.2, -0.15) is 13.2 Å². The Balaban J connectivity index is 1.55. The van der Waals surface area contributed by atoms with Crippen molar-refractivity contribution >= 4 is 17.4 Å². The average Bonchev–Trinajstić information content (AvgIpc) is 3.48. The number of nitrogens with one attached hydrogen (secondary N) is 3. The minimum atomic E-state index is -4.64. The Morgan fingerprint density at radius 1 is 0.762 bits per heavy atom. The van der Waals surface area contributed by atoms with Crippen LogP contribution in [0.5, 0.6) is 11.5 Å². The molecule has 0 spiro atoms. The highest BCUT2D eigenvalue weighted by Gasteiger charge is 2.33. The molecule has 3 N–H and O–H groups in total. The Kier molecular flexibility index (Phi) is 7.66. The molecule has 0 saturated carbocycles. The van der Waals surface area contributed by atoms with Crippen LogP contribution in [-0.2, 0) is 11.6 Å². The molecule has 0 atom stereocenters. The normalized spacial score (nSPS) is 11.7. The van der Waals surface area contributed by atoms with E-state index in [-0.39, 0.29) is 16.8 Å². The zero-order chi connectivity index (χ0) is 29.9. The van der Waals surface area contributed by atoms with Crippen LogP contribution in [0.3, 0.4) is 0 Å². The fraction of sp³-hybridized carbons (Fsp3) is 0.161. The number of urea groups is 1. The number of nitrogens with zero attached hydrogens (tertiary/aromatic N) is 3. The number of hydrogen-bond acceptors (Lipinski definition) is 5. The predicted octanol–water partition coefficient (Wildman–Crippen LogP) is 8.29. The Morgan fingerprint density at radius 2 is 1.40 bits per heavy atom. The van der Waals surface area contributed by atoms with Crippen LogP contribution in [0, 0.1) is 0 Å². The zero-order valence-corrected chi connectivity index (χ0v) is 23.0. The average molecular weight is 573 g/mol. The minimum absolute atomic E-state index is 0.240. The first-order chi connectivity index (χ1) is 20.0. The number of amides is 2. The quantitative estimate of drug-likeness (QED) is 0.190. The van der Waals surface area contributed by atoms with Crippen molar-refractivity contribution < 1.29 is 22.7 Å². The van der Waals surface area contributed by atoms with Crippen LogP contribution in [0.1, 0.15) is 31.9 Å². The molecule has 42 heavy (non-hydrogen) atoms. The molecule has 1 aromatic heterocycles. The van der Waals surface area contributed by atoms with Crippen molar-refractivity contribution in [3.05, 3.63) is 102 Å². The highest BCUT2D eigenvalue weighted by Crippen LogP contribution is 2.40. The van der Waals surface area contributed by atoms with E-state index >= 15 is 0 Å². The van der Waals surface area contributed by atoms with E-state index in [9.17, 15) is 18.0 Å². The summed E-state index contributed by atoms with van der Waals surface area (Å²) in [4.78, 5) is 13.1. The molecule has 0 aliphatic heterocycles. The molecule has 5 rings (SSSR count). The van der Waals surface area contributed by atoms with Gasteiger partial charge in [-0.1, -0.05) is 81.4 Å². The molecule has 0 bridgehead atoms. The third-order valence-electron chi connectivity index (χ3n) is 6.46. The van der Waals surface area contributed by atoms with E-state index in [1.54, 1.807) is 12.1 Å². The number of hydrogen-bond donors (Lipinski definition) is 3. The number of H-pyrrole nitrogens is 1. The summed E-state index contributed by atoms with van der Waals surface area (Å²) in [6.07, 6.45) is -4.64. The van der Waals surface area contributed by atoms with E-state index < -0.39 is 17.8 Å². The Morgan fingerprint density at radius 3 is 2.10 bits per heavy atom. The second-order valence-corrected chi connectivity index (χ2v) is 10.5. The monoisotopic (exact) mass is 572 g/mol. The van der Waals surface area contributed by atoms with Gasteiger partial charge < -0.3 is 15.4 Å². The summed E-state index contributed by atoms with van der Waals surface area (Å²) in [6, 6.07) is 24.0. The maximum atomic E-state index is 13.6. The van der Waals surface area contributed by atoms with Crippen molar-refractivity contribution in [1.82, 2.24) is 20.6 Å². The van der Waals surface area contributed by atoms with Gasteiger partial charge in [0.2, 0.25) is 0 Å². The number of aromatic amines is 1. The number of aromatic nitrogens is 4. The fourth-order valence-corrected chi connectivity index (χ4v) is 4.51. The first-order valence-electron chi connectivity index (χ1n) is 13.0. The van der Waals surface area contributed by atoms with Crippen LogP contribution < -0.4 is 15.4 Å². The zero-order valence-electron chi connectivity index (χ0n) is 23.0. The SMILES string of the molecule is CC(C)(C)c1ccccc1Oc1ccc(-c2ccccc2-c2nnn[nH]2)cc1NC(=O)Nc1ccccc1C(F)(F)F. The fourth-order valence-electron chi connectivity index (χ4n) is 4.51. The van der Waals surface area contributed by atoms with Gasteiger partial charge in [0.1, 0.15) is 5.75 Å². The van der Waals surface area contributed by atoms with Crippen molar-refractivity contribution in [2.75, 3.05) is 10.6 Å². The molecular formula is C31H27F3N6O2. The third kappa shape index (κ3) is 6.25. The number of benzene rings is 4. The summed E-state index contributed by atoms with van der Waals surface area (Å²) in [5.41, 5.74) is 1.75. The van der Waals surface area contributed by atoms with Gasteiger partial charge in [0, 0.05) is 11.1 Å². The molecule has 1 heterocycles. The molecule has 5 aromatic rings. The van der Waals surface area contributed by atoms with Crippen LogP contribution in [0.4, 0.5) is 29.3 Å². The summed E-state index contributed by atoms with van der Waals surface area (Å²) in [5.74, 6) is 1.33. The lowest BCUT2D eigenvalue weighted by Gasteiger charge is -2.23. The Bertz CT molecular complexity index is 1710. The summed E-state index contributed by atoms with van der Waals surface area (Å²) < 4.78 is 47.0. The van der Waals surface area contributed by atoms with E-state index in [1.165, 1.54) is 18.2 Å². The van der Waals surface area contributed by atoms with Gasteiger partial charge in [0.05, 0.1) is 16.9 Å².